The van der Waals surface area contributed by atoms with Crippen LogP contribution in [-0.2, 0) is 11.8 Å². The molecule has 1 aromatic heterocycles. The Hall–Kier alpha value is -1.36. The highest BCUT2D eigenvalue weighted by atomic mass is 16.4. The third-order valence-corrected chi connectivity index (χ3v) is 3.09. The second-order valence-corrected chi connectivity index (χ2v) is 4.45. The van der Waals surface area contributed by atoms with Crippen LogP contribution in [0.15, 0.2) is 12.4 Å². The first kappa shape index (κ1) is 13.7. The molecule has 1 N–H and O–H groups in total. The Morgan fingerprint density at radius 1 is 1.59 bits per heavy atom. The van der Waals surface area contributed by atoms with Crippen LogP contribution in [0.2, 0.25) is 0 Å². The van der Waals surface area contributed by atoms with E-state index in [0.29, 0.717) is 6.54 Å². The summed E-state index contributed by atoms with van der Waals surface area (Å²) < 4.78 is 1.76. The monoisotopic (exact) mass is 239 g/mol. The fraction of sp³-hybridized carbons (Fsp3) is 0.667. The molecule has 0 aliphatic heterocycles. The zero-order valence-electron chi connectivity index (χ0n) is 10.9. The normalized spacial score (nSPS) is 14.9. The lowest BCUT2D eigenvalue weighted by Gasteiger charge is -2.28. The number of hydrogen-bond donors (Lipinski definition) is 1. The number of carboxylic acid groups (broad SMARTS) is 1. The van der Waals surface area contributed by atoms with Gasteiger partial charge in [0.25, 0.3) is 0 Å². The molecule has 0 aliphatic rings. The van der Waals surface area contributed by atoms with Crippen molar-refractivity contribution in [3.05, 3.63) is 18.0 Å². The van der Waals surface area contributed by atoms with Crippen LogP contribution in [0.3, 0.4) is 0 Å². The lowest BCUT2D eigenvalue weighted by Crippen LogP contribution is -2.33. The summed E-state index contributed by atoms with van der Waals surface area (Å²) in [4.78, 5) is 13.0. The minimum Gasteiger partial charge on any atom is -0.481 e. The maximum Gasteiger partial charge on any atom is 0.307 e. The zero-order chi connectivity index (χ0) is 13.0. The van der Waals surface area contributed by atoms with Crippen LogP contribution >= 0.6 is 0 Å². The molecule has 2 unspecified atom stereocenters. The van der Waals surface area contributed by atoms with E-state index in [2.05, 4.69) is 16.9 Å². The third-order valence-electron chi connectivity index (χ3n) is 3.09. The molecule has 17 heavy (non-hydrogen) atoms. The van der Waals surface area contributed by atoms with Crippen LogP contribution < -0.4 is 0 Å². The second-order valence-electron chi connectivity index (χ2n) is 4.45. The van der Waals surface area contributed by atoms with Crippen molar-refractivity contribution >= 4 is 5.97 Å². The van der Waals surface area contributed by atoms with Crippen molar-refractivity contribution < 1.29 is 9.90 Å². The van der Waals surface area contributed by atoms with Gasteiger partial charge >= 0.3 is 5.97 Å². The smallest absolute Gasteiger partial charge is 0.307 e. The molecule has 1 aromatic rings. The Kier molecular flexibility index (Phi) is 4.69. The molecular formula is C12H21N3O2. The molecule has 96 valence electrons. The summed E-state index contributed by atoms with van der Waals surface area (Å²) in [5.41, 5.74) is 1.12. The molecule has 0 spiro atoms. The quantitative estimate of drug-likeness (QED) is 0.817. The molecule has 0 fully saturated rings. The Morgan fingerprint density at radius 3 is 2.65 bits per heavy atom. The minimum atomic E-state index is -0.748. The van der Waals surface area contributed by atoms with E-state index in [1.54, 1.807) is 11.6 Å². The van der Waals surface area contributed by atoms with Crippen molar-refractivity contribution in [2.75, 3.05) is 13.1 Å². The van der Waals surface area contributed by atoms with Gasteiger partial charge in [0.05, 0.1) is 12.1 Å². The molecule has 0 saturated carbocycles. The van der Waals surface area contributed by atoms with E-state index in [4.69, 9.17) is 5.11 Å². The van der Waals surface area contributed by atoms with Gasteiger partial charge in [-0.2, -0.15) is 5.10 Å². The van der Waals surface area contributed by atoms with Gasteiger partial charge in [-0.25, -0.2) is 0 Å². The summed E-state index contributed by atoms with van der Waals surface area (Å²) in [6.45, 7) is 7.24. The molecule has 5 nitrogen and oxygen atoms in total. The molecule has 0 saturated heterocycles. The van der Waals surface area contributed by atoms with Gasteiger partial charge in [0.2, 0.25) is 0 Å². The van der Waals surface area contributed by atoms with Crippen molar-refractivity contribution in [1.82, 2.24) is 14.7 Å². The van der Waals surface area contributed by atoms with E-state index in [-0.39, 0.29) is 12.0 Å². The van der Waals surface area contributed by atoms with Crippen LogP contribution in [-0.4, -0.2) is 38.8 Å². The maximum atomic E-state index is 10.9. The fourth-order valence-electron chi connectivity index (χ4n) is 1.86. The van der Waals surface area contributed by atoms with Gasteiger partial charge in [-0.15, -0.1) is 0 Å². The van der Waals surface area contributed by atoms with Crippen LogP contribution in [0.5, 0.6) is 0 Å². The first-order valence-electron chi connectivity index (χ1n) is 5.91. The molecule has 0 aliphatic carbocycles. The Labute approximate surface area is 102 Å². The summed E-state index contributed by atoms with van der Waals surface area (Å²) >= 11 is 0. The summed E-state index contributed by atoms with van der Waals surface area (Å²) in [7, 11) is 1.88. The molecule has 1 heterocycles. The van der Waals surface area contributed by atoms with Gasteiger partial charge in [-0.05, 0) is 13.5 Å². The van der Waals surface area contributed by atoms with Crippen LogP contribution in [0.1, 0.15) is 32.4 Å². The Bertz CT molecular complexity index is 376. The largest absolute Gasteiger partial charge is 0.481 e. The van der Waals surface area contributed by atoms with Crippen molar-refractivity contribution in [2.45, 2.75) is 26.8 Å². The van der Waals surface area contributed by atoms with Gasteiger partial charge < -0.3 is 5.11 Å². The zero-order valence-corrected chi connectivity index (χ0v) is 10.9. The summed E-state index contributed by atoms with van der Waals surface area (Å²) in [5.74, 6) is -1.10. The number of aliphatic carboxylic acids is 1. The molecule has 0 aromatic carbocycles. The van der Waals surface area contributed by atoms with Crippen molar-refractivity contribution in [3.8, 4) is 0 Å². The molecule has 5 heteroatoms. The first-order valence-corrected chi connectivity index (χ1v) is 5.91. The van der Waals surface area contributed by atoms with Gasteiger partial charge in [-0.3, -0.25) is 14.4 Å². The molecular weight excluding hydrogens is 218 g/mol. The summed E-state index contributed by atoms with van der Waals surface area (Å²) in [6.07, 6.45) is 3.80. The average Bonchev–Trinajstić information content (AvgIpc) is 2.71. The topological polar surface area (TPSA) is 58.4 Å². The van der Waals surface area contributed by atoms with Crippen LogP contribution in [0.4, 0.5) is 0 Å². The highest BCUT2D eigenvalue weighted by molar-refractivity contribution is 5.69. The highest BCUT2D eigenvalue weighted by Crippen LogP contribution is 2.20. The molecule has 0 bridgehead atoms. The summed E-state index contributed by atoms with van der Waals surface area (Å²) in [6, 6.07) is 0.190. The SMILES string of the molecule is CCN(CC(C)C(=O)O)C(C)c1cnn(C)c1. The molecule has 0 amide bonds. The number of carbonyl (C=O) groups is 1. The van der Waals surface area contributed by atoms with Gasteiger partial charge in [0.15, 0.2) is 0 Å². The maximum absolute atomic E-state index is 10.9. The standard InChI is InChI=1S/C12H21N3O2/c1-5-15(7-9(2)12(16)17)10(3)11-6-13-14(4)8-11/h6,8-10H,5,7H2,1-4H3,(H,16,17). The van der Waals surface area contributed by atoms with E-state index in [9.17, 15) is 4.79 Å². The summed E-state index contributed by atoms with van der Waals surface area (Å²) in [5, 5.41) is 13.1. The van der Waals surface area contributed by atoms with Crippen LogP contribution in [0.25, 0.3) is 0 Å². The van der Waals surface area contributed by atoms with Gasteiger partial charge in [0, 0.05) is 31.4 Å². The highest BCUT2D eigenvalue weighted by Gasteiger charge is 2.20. The minimum absolute atomic E-state index is 0.190. The van der Waals surface area contributed by atoms with E-state index in [1.165, 1.54) is 0 Å². The molecule has 1 rings (SSSR count). The van der Waals surface area contributed by atoms with Crippen molar-refractivity contribution in [2.24, 2.45) is 13.0 Å². The number of nitrogens with zero attached hydrogens (tertiary/aromatic N) is 3. The van der Waals surface area contributed by atoms with Gasteiger partial charge in [0.1, 0.15) is 0 Å². The van der Waals surface area contributed by atoms with Crippen LogP contribution in [0, 0.1) is 5.92 Å². The number of aromatic nitrogens is 2. The Balaban J connectivity index is 2.70. The molecule has 2 atom stereocenters. The lowest BCUT2D eigenvalue weighted by atomic mass is 10.1. The van der Waals surface area contributed by atoms with Crippen molar-refractivity contribution in [3.63, 3.8) is 0 Å². The van der Waals surface area contributed by atoms with E-state index in [1.807, 2.05) is 26.4 Å². The number of aryl methyl sites for hydroxylation is 1. The number of rotatable bonds is 6. The first-order chi connectivity index (χ1) is 7.95. The fourth-order valence-corrected chi connectivity index (χ4v) is 1.86. The van der Waals surface area contributed by atoms with Crippen molar-refractivity contribution in [1.29, 1.82) is 0 Å². The van der Waals surface area contributed by atoms with Gasteiger partial charge in [-0.1, -0.05) is 13.8 Å². The van der Waals surface area contributed by atoms with E-state index >= 15 is 0 Å². The molecule has 0 radical (unpaired) electrons. The third kappa shape index (κ3) is 3.56. The predicted molar refractivity (Wildman–Crippen MR) is 65.7 cm³/mol. The van der Waals surface area contributed by atoms with E-state index < -0.39 is 5.97 Å². The second kappa shape index (κ2) is 5.82. The average molecular weight is 239 g/mol. The lowest BCUT2D eigenvalue weighted by molar-refractivity contribution is -0.141. The van der Waals surface area contributed by atoms with E-state index in [0.717, 1.165) is 12.1 Å². The predicted octanol–water partition coefficient (Wildman–Crippen LogP) is 1.52. The Morgan fingerprint density at radius 2 is 2.24 bits per heavy atom. The number of hydrogen-bond acceptors (Lipinski definition) is 3. The number of carboxylic acids is 1.